The van der Waals surface area contributed by atoms with Gasteiger partial charge in [0.05, 0.1) is 11.0 Å². The maximum atomic E-state index is 14.2. The summed E-state index contributed by atoms with van der Waals surface area (Å²) in [5, 5.41) is 0. The molecule has 1 aromatic carbocycles. The lowest BCUT2D eigenvalue weighted by Crippen LogP contribution is -2.56. The van der Waals surface area contributed by atoms with Crippen molar-refractivity contribution in [1.82, 2.24) is 0 Å². The summed E-state index contributed by atoms with van der Waals surface area (Å²) in [4.78, 5) is 27.0. The molecule has 0 aromatic heterocycles. The van der Waals surface area contributed by atoms with Gasteiger partial charge < -0.3 is 4.74 Å². The van der Waals surface area contributed by atoms with Crippen molar-refractivity contribution in [2.24, 2.45) is 45.8 Å². The smallest absolute Gasteiger partial charge is 0.338 e. The quantitative estimate of drug-likeness (QED) is 0.247. The number of ketones is 1. The zero-order valence-corrected chi connectivity index (χ0v) is 25.4. The summed E-state index contributed by atoms with van der Waals surface area (Å²) in [6, 6.07) is 9.39. The summed E-state index contributed by atoms with van der Waals surface area (Å²) >= 11 is 0. The molecule has 3 fully saturated rings. The first-order valence-electron chi connectivity index (χ1n) is 16.1. The van der Waals surface area contributed by atoms with Crippen LogP contribution in [-0.2, 0) is 9.53 Å². The van der Waals surface area contributed by atoms with Crippen molar-refractivity contribution in [2.75, 3.05) is 0 Å². The van der Waals surface area contributed by atoms with E-state index in [-0.39, 0.29) is 28.3 Å². The van der Waals surface area contributed by atoms with Crippen molar-refractivity contribution in [3.05, 3.63) is 47.5 Å². The van der Waals surface area contributed by atoms with Crippen LogP contribution in [0.15, 0.2) is 42.0 Å². The molecule has 0 amide bonds. The van der Waals surface area contributed by atoms with Gasteiger partial charge >= 0.3 is 5.97 Å². The van der Waals surface area contributed by atoms with Crippen molar-refractivity contribution >= 4 is 11.8 Å². The average molecular weight is 533 g/mol. The van der Waals surface area contributed by atoms with Crippen molar-refractivity contribution < 1.29 is 14.3 Å². The molecule has 0 spiro atoms. The fraction of sp³-hybridized carbons (Fsp3) is 0.722. The number of hydrogen-bond acceptors (Lipinski definition) is 3. The minimum Gasteiger partial charge on any atom is -0.459 e. The van der Waals surface area contributed by atoms with Crippen LogP contribution in [0.3, 0.4) is 0 Å². The van der Waals surface area contributed by atoms with Gasteiger partial charge in [-0.25, -0.2) is 4.79 Å². The number of Topliss-reactive ketones (excluding diaryl/α,β-unsaturated/α-hetero) is 1. The zero-order valence-electron chi connectivity index (χ0n) is 25.4. The maximum Gasteiger partial charge on any atom is 0.338 e. The number of carbonyl (C=O) groups is 2. The highest BCUT2D eigenvalue weighted by molar-refractivity contribution is 5.92. The molecule has 0 unspecified atom stereocenters. The lowest BCUT2D eigenvalue weighted by Gasteiger charge is -2.61. The Hall–Kier alpha value is -1.90. The van der Waals surface area contributed by atoms with E-state index in [0.29, 0.717) is 35.0 Å². The van der Waals surface area contributed by atoms with Gasteiger partial charge in [-0.15, -0.1) is 0 Å². The summed E-state index contributed by atoms with van der Waals surface area (Å²) < 4.78 is 6.02. The van der Waals surface area contributed by atoms with Gasteiger partial charge in [-0.3, -0.25) is 4.79 Å². The Morgan fingerprint density at radius 1 is 1.05 bits per heavy atom. The fourth-order valence-corrected chi connectivity index (χ4v) is 10.1. The minimum absolute atomic E-state index is 0.0103. The van der Waals surface area contributed by atoms with E-state index in [4.69, 9.17) is 4.74 Å². The van der Waals surface area contributed by atoms with E-state index in [1.807, 2.05) is 30.3 Å². The SMILES string of the molecule is CC[C@@]12C(=O)C[C@H]([C@H](C)CCCC(C)C)[C@@]1(C)CC[C@H]1C2=CC[C@H]2C[C@H](OC(=O)c3ccccc3)CC[C@@]21C. The molecule has 0 radical (unpaired) electrons. The van der Waals surface area contributed by atoms with Crippen LogP contribution in [0.2, 0.25) is 0 Å². The van der Waals surface area contributed by atoms with Gasteiger partial charge in [-0.1, -0.05) is 90.7 Å². The predicted molar refractivity (Wildman–Crippen MR) is 158 cm³/mol. The molecule has 214 valence electrons. The van der Waals surface area contributed by atoms with Gasteiger partial charge in [0.1, 0.15) is 11.9 Å². The van der Waals surface area contributed by atoms with Crippen LogP contribution in [0.25, 0.3) is 0 Å². The molecule has 4 aliphatic rings. The van der Waals surface area contributed by atoms with Gasteiger partial charge in [0.2, 0.25) is 0 Å². The molecular weight excluding hydrogens is 480 g/mol. The Balaban J connectivity index is 1.36. The lowest BCUT2D eigenvalue weighted by molar-refractivity contribution is -0.133. The number of benzene rings is 1. The van der Waals surface area contributed by atoms with Crippen molar-refractivity contribution in [2.45, 2.75) is 118 Å². The molecule has 0 bridgehead atoms. The van der Waals surface area contributed by atoms with E-state index in [9.17, 15) is 9.59 Å². The largest absolute Gasteiger partial charge is 0.459 e. The second-order valence-corrected chi connectivity index (χ2v) is 14.6. The Morgan fingerprint density at radius 3 is 2.49 bits per heavy atom. The Kier molecular flexibility index (Phi) is 7.94. The normalized spacial score (nSPS) is 38.4. The van der Waals surface area contributed by atoms with Crippen LogP contribution in [0.5, 0.6) is 0 Å². The number of esters is 1. The average Bonchev–Trinajstić information content (AvgIpc) is 3.16. The first kappa shape index (κ1) is 28.6. The summed E-state index contributed by atoms with van der Waals surface area (Å²) in [6.45, 7) is 14.4. The molecule has 0 heterocycles. The highest BCUT2D eigenvalue weighted by Crippen LogP contribution is 2.72. The lowest BCUT2D eigenvalue weighted by atomic mass is 9.42. The van der Waals surface area contributed by atoms with Crippen LogP contribution in [-0.4, -0.2) is 17.9 Å². The Bertz CT molecular complexity index is 1090. The number of fused-ring (bicyclic) bond motifs is 5. The first-order valence-corrected chi connectivity index (χ1v) is 16.1. The maximum absolute atomic E-state index is 14.2. The highest BCUT2D eigenvalue weighted by atomic mass is 16.5. The standard InChI is InChI=1S/C36H52O3/c1-7-36-30-17-16-27-22-28(39-33(38)26-14-9-8-10-15-26)18-20-34(27,5)29(30)19-21-35(36,6)31(23-32(36)37)25(4)13-11-12-24(2)3/h8-10,14-15,17,24-25,27-29,31H,7,11-13,16,18-23H2,1-6H3/t25-,27+,28-,29+,31-,34+,35-,36-/m1/s1. The van der Waals surface area contributed by atoms with E-state index in [1.165, 1.54) is 37.7 Å². The van der Waals surface area contributed by atoms with Crippen molar-refractivity contribution in [3.63, 3.8) is 0 Å². The van der Waals surface area contributed by atoms with Crippen molar-refractivity contribution in [3.8, 4) is 0 Å². The Labute approximate surface area is 237 Å². The van der Waals surface area contributed by atoms with Crippen molar-refractivity contribution in [1.29, 1.82) is 0 Å². The van der Waals surface area contributed by atoms with Gasteiger partial charge in [0.25, 0.3) is 0 Å². The molecule has 3 nitrogen and oxygen atoms in total. The third-order valence-electron chi connectivity index (χ3n) is 12.3. The number of carbonyl (C=O) groups excluding carboxylic acids is 2. The fourth-order valence-electron chi connectivity index (χ4n) is 10.1. The molecule has 0 saturated heterocycles. The van der Waals surface area contributed by atoms with E-state index >= 15 is 0 Å². The van der Waals surface area contributed by atoms with E-state index in [1.54, 1.807) is 0 Å². The number of ether oxygens (including phenoxy) is 1. The summed E-state index contributed by atoms with van der Waals surface area (Å²) in [6.07, 6.45) is 14.4. The molecule has 39 heavy (non-hydrogen) atoms. The molecule has 0 N–H and O–H groups in total. The van der Waals surface area contributed by atoms with Crippen LogP contribution in [0, 0.1) is 45.8 Å². The molecule has 3 saturated carbocycles. The van der Waals surface area contributed by atoms with Crippen LogP contribution < -0.4 is 0 Å². The van der Waals surface area contributed by atoms with E-state index < -0.39 is 0 Å². The number of rotatable bonds is 8. The van der Waals surface area contributed by atoms with E-state index in [0.717, 1.165) is 44.4 Å². The van der Waals surface area contributed by atoms with Gasteiger partial charge in [0.15, 0.2) is 0 Å². The van der Waals surface area contributed by atoms with Gasteiger partial charge in [0, 0.05) is 6.42 Å². The highest BCUT2D eigenvalue weighted by Gasteiger charge is 2.68. The summed E-state index contributed by atoms with van der Waals surface area (Å²) in [7, 11) is 0. The minimum atomic E-state index is -0.280. The second-order valence-electron chi connectivity index (χ2n) is 14.6. The van der Waals surface area contributed by atoms with Gasteiger partial charge in [-0.05, 0) is 97.5 Å². The summed E-state index contributed by atoms with van der Waals surface area (Å²) in [5.41, 5.74) is 2.13. The Morgan fingerprint density at radius 2 is 1.79 bits per heavy atom. The van der Waals surface area contributed by atoms with Gasteiger partial charge in [-0.2, -0.15) is 0 Å². The third-order valence-corrected chi connectivity index (χ3v) is 12.3. The molecule has 5 rings (SSSR count). The zero-order chi connectivity index (χ0) is 28.0. The van der Waals surface area contributed by atoms with E-state index in [2.05, 4.69) is 47.6 Å². The topological polar surface area (TPSA) is 43.4 Å². The molecule has 0 aliphatic heterocycles. The third kappa shape index (κ3) is 4.64. The number of hydrogen-bond donors (Lipinski definition) is 0. The second kappa shape index (κ2) is 10.8. The van der Waals surface area contributed by atoms with Crippen LogP contribution in [0.4, 0.5) is 0 Å². The molecule has 1 aromatic rings. The first-order chi connectivity index (χ1) is 18.6. The predicted octanol–water partition coefficient (Wildman–Crippen LogP) is 9.21. The molecule has 4 aliphatic carbocycles. The van der Waals surface area contributed by atoms with Crippen LogP contribution in [0.1, 0.15) is 123 Å². The monoisotopic (exact) mass is 532 g/mol. The van der Waals surface area contributed by atoms with Crippen LogP contribution >= 0.6 is 0 Å². The summed E-state index contributed by atoms with van der Waals surface area (Å²) in [5.74, 6) is 3.18. The molecule has 3 heteroatoms. The number of allylic oxidation sites excluding steroid dienone is 2. The molecule has 8 atom stereocenters. The molecular formula is C36H52O3.